The summed E-state index contributed by atoms with van der Waals surface area (Å²) < 4.78 is 3.73. The van der Waals surface area contributed by atoms with Gasteiger partial charge >= 0.3 is 0 Å². The predicted molar refractivity (Wildman–Crippen MR) is 81.9 cm³/mol. The first-order valence-corrected chi connectivity index (χ1v) is 7.68. The van der Waals surface area contributed by atoms with E-state index in [9.17, 15) is 4.79 Å². The molecule has 3 aromatic rings. The van der Waals surface area contributed by atoms with Gasteiger partial charge in [-0.25, -0.2) is 9.50 Å². The van der Waals surface area contributed by atoms with Crippen LogP contribution < -0.4 is 0 Å². The summed E-state index contributed by atoms with van der Waals surface area (Å²) in [6, 6.07) is 1.86. The molecule has 23 heavy (non-hydrogen) atoms. The first kappa shape index (κ1) is 13.9. The maximum atomic E-state index is 12.8. The number of aryl methyl sites for hydroxylation is 2. The molecule has 0 fully saturated rings. The highest BCUT2D eigenvalue weighted by molar-refractivity contribution is 5.99. The molecule has 118 valence electrons. The Bertz CT molecular complexity index is 895. The number of carbonyl (C=O) groups is 1. The van der Waals surface area contributed by atoms with Gasteiger partial charge in [0, 0.05) is 31.4 Å². The molecule has 4 heterocycles. The van der Waals surface area contributed by atoms with E-state index < -0.39 is 0 Å². The van der Waals surface area contributed by atoms with Gasteiger partial charge in [0.05, 0.1) is 12.7 Å². The van der Waals surface area contributed by atoms with E-state index in [2.05, 4.69) is 31.8 Å². The monoisotopic (exact) mass is 311 g/mol. The Morgan fingerprint density at radius 2 is 2.17 bits per heavy atom. The summed E-state index contributed by atoms with van der Waals surface area (Å²) in [5, 5.41) is 12.6. The Balaban J connectivity index is 1.65. The van der Waals surface area contributed by atoms with Crippen LogP contribution in [0.1, 0.15) is 34.6 Å². The Kier molecular flexibility index (Phi) is 3.10. The minimum atomic E-state index is -0.0644. The lowest BCUT2D eigenvalue weighted by atomic mass is 10.2. The number of rotatable bonds is 2. The van der Waals surface area contributed by atoms with Gasteiger partial charge in [-0.1, -0.05) is 6.92 Å². The van der Waals surface area contributed by atoms with Crippen molar-refractivity contribution in [2.45, 2.75) is 33.4 Å². The second-order valence-corrected chi connectivity index (χ2v) is 5.66. The quantitative estimate of drug-likeness (QED) is 0.701. The molecule has 0 radical (unpaired) electrons. The maximum absolute atomic E-state index is 12.8. The highest BCUT2D eigenvalue weighted by Crippen LogP contribution is 2.17. The normalized spacial score (nSPS) is 14.3. The van der Waals surface area contributed by atoms with Crippen LogP contribution in [0.25, 0.3) is 5.65 Å². The van der Waals surface area contributed by atoms with Gasteiger partial charge in [-0.2, -0.15) is 5.10 Å². The van der Waals surface area contributed by atoms with E-state index in [4.69, 9.17) is 0 Å². The number of nitrogens with zero attached hydrogens (tertiary/aromatic N) is 7. The van der Waals surface area contributed by atoms with E-state index in [1.165, 1.54) is 0 Å². The lowest BCUT2D eigenvalue weighted by molar-refractivity contribution is 0.0708. The number of carbonyl (C=O) groups excluding carboxylic acids is 1. The van der Waals surface area contributed by atoms with Crippen LogP contribution in [-0.2, 0) is 19.5 Å². The second kappa shape index (κ2) is 5.15. The molecule has 1 amide bonds. The third-order valence-corrected chi connectivity index (χ3v) is 4.17. The van der Waals surface area contributed by atoms with Crippen LogP contribution in [0.4, 0.5) is 0 Å². The van der Waals surface area contributed by atoms with Crippen molar-refractivity contribution in [2.24, 2.45) is 0 Å². The number of hydrogen-bond acceptors (Lipinski definition) is 5. The molecular weight excluding hydrogens is 294 g/mol. The fourth-order valence-corrected chi connectivity index (χ4v) is 2.93. The molecule has 1 aliphatic rings. The minimum Gasteiger partial charge on any atom is -0.329 e. The molecular formula is C15H17N7O. The zero-order chi connectivity index (χ0) is 16.0. The fraction of sp³-hybridized carbons (Fsp3) is 0.400. The Morgan fingerprint density at radius 1 is 1.30 bits per heavy atom. The predicted octanol–water partition coefficient (Wildman–Crippen LogP) is 0.848. The Labute approximate surface area is 132 Å². The van der Waals surface area contributed by atoms with Gasteiger partial charge in [0.2, 0.25) is 0 Å². The first-order chi connectivity index (χ1) is 11.2. The van der Waals surface area contributed by atoms with E-state index in [0.717, 1.165) is 30.3 Å². The molecule has 0 bridgehead atoms. The van der Waals surface area contributed by atoms with E-state index in [-0.39, 0.29) is 5.91 Å². The van der Waals surface area contributed by atoms with Crippen molar-refractivity contribution >= 4 is 11.6 Å². The van der Waals surface area contributed by atoms with Crippen LogP contribution in [0, 0.1) is 6.92 Å². The second-order valence-electron chi connectivity index (χ2n) is 5.66. The fourth-order valence-electron chi connectivity index (χ4n) is 2.93. The molecule has 0 saturated carbocycles. The standard InChI is InChI=1S/C15H17N7O/c1-3-12-18-19-13-9-20(6-7-21(12)13)15(23)11-8-16-22-5-4-10(2)17-14(11)22/h4-5,8H,3,6-7,9H2,1-2H3. The molecule has 0 saturated heterocycles. The Hall–Kier alpha value is -2.77. The molecule has 1 aliphatic heterocycles. The van der Waals surface area contributed by atoms with Crippen LogP contribution in [0.2, 0.25) is 0 Å². The lowest BCUT2D eigenvalue weighted by Crippen LogP contribution is -2.38. The molecule has 0 aromatic carbocycles. The van der Waals surface area contributed by atoms with Gasteiger partial charge in [0.15, 0.2) is 11.5 Å². The van der Waals surface area contributed by atoms with E-state index in [1.54, 1.807) is 15.6 Å². The number of amides is 1. The number of fused-ring (bicyclic) bond motifs is 2. The average Bonchev–Trinajstić information content (AvgIpc) is 3.16. The van der Waals surface area contributed by atoms with Crippen LogP contribution in [0.15, 0.2) is 18.5 Å². The third-order valence-electron chi connectivity index (χ3n) is 4.17. The molecule has 0 aliphatic carbocycles. The van der Waals surface area contributed by atoms with Crippen molar-refractivity contribution in [3.63, 3.8) is 0 Å². The summed E-state index contributed by atoms with van der Waals surface area (Å²) in [6.07, 6.45) is 4.24. The summed E-state index contributed by atoms with van der Waals surface area (Å²) >= 11 is 0. The average molecular weight is 311 g/mol. The summed E-state index contributed by atoms with van der Waals surface area (Å²) in [5.74, 6) is 1.74. The smallest absolute Gasteiger partial charge is 0.259 e. The molecule has 8 nitrogen and oxygen atoms in total. The summed E-state index contributed by atoms with van der Waals surface area (Å²) in [5.41, 5.74) is 1.98. The van der Waals surface area contributed by atoms with Crippen molar-refractivity contribution in [3.8, 4) is 0 Å². The van der Waals surface area contributed by atoms with Gasteiger partial charge in [0.25, 0.3) is 5.91 Å². The summed E-state index contributed by atoms with van der Waals surface area (Å²) in [6.45, 7) is 5.79. The zero-order valence-electron chi connectivity index (χ0n) is 13.1. The SMILES string of the molecule is CCc1nnc2n1CCN(C(=O)c1cnn3ccc(C)nc13)C2. The van der Waals surface area contributed by atoms with Gasteiger partial charge in [0.1, 0.15) is 11.4 Å². The van der Waals surface area contributed by atoms with Gasteiger partial charge in [-0.15, -0.1) is 10.2 Å². The molecule has 0 atom stereocenters. The van der Waals surface area contributed by atoms with E-state index >= 15 is 0 Å². The largest absolute Gasteiger partial charge is 0.329 e. The number of hydrogen-bond donors (Lipinski definition) is 0. The van der Waals surface area contributed by atoms with Gasteiger partial charge in [-0.05, 0) is 13.0 Å². The van der Waals surface area contributed by atoms with Crippen LogP contribution in [0.3, 0.4) is 0 Å². The molecule has 4 rings (SSSR count). The molecule has 8 heteroatoms. The molecule has 0 N–H and O–H groups in total. The molecule has 0 spiro atoms. The lowest BCUT2D eigenvalue weighted by Gasteiger charge is -2.27. The van der Waals surface area contributed by atoms with Crippen molar-refractivity contribution < 1.29 is 4.79 Å². The van der Waals surface area contributed by atoms with E-state index in [0.29, 0.717) is 24.3 Å². The molecule has 3 aromatic heterocycles. The van der Waals surface area contributed by atoms with Crippen molar-refractivity contribution in [3.05, 3.63) is 41.4 Å². The highest BCUT2D eigenvalue weighted by atomic mass is 16.2. The van der Waals surface area contributed by atoms with Gasteiger partial charge in [-0.3, -0.25) is 4.79 Å². The van der Waals surface area contributed by atoms with Gasteiger partial charge < -0.3 is 9.47 Å². The molecule has 0 unspecified atom stereocenters. The van der Waals surface area contributed by atoms with E-state index in [1.807, 2.05) is 19.2 Å². The van der Waals surface area contributed by atoms with Crippen LogP contribution >= 0.6 is 0 Å². The zero-order valence-corrected chi connectivity index (χ0v) is 13.1. The van der Waals surface area contributed by atoms with Crippen molar-refractivity contribution in [1.29, 1.82) is 0 Å². The summed E-state index contributed by atoms with van der Waals surface area (Å²) in [4.78, 5) is 19.1. The van der Waals surface area contributed by atoms with Crippen molar-refractivity contribution in [2.75, 3.05) is 6.54 Å². The Morgan fingerprint density at radius 3 is 3.00 bits per heavy atom. The highest BCUT2D eigenvalue weighted by Gasteiger charge is 2.27. The number of aromatic nitrogens is 6. The first-order valence-electron chi connectivity index (χ1n) is 7.68. The maximum Gasteiger partial charge on any atom is 0.259 e. The summed E-state index contributed by atoms with van der Waals surface area (Å²) in [7, 11) is 0. The minimum absolute atomic E-state index is 0.0644. The van der Waals surface area contributed by atoms with Crippen molar-refractivity contribution in [1.82, 2.24) is 34.3 Å². The topological polar surface area (TPSA) is 81.2 Å². The third kappa shape index (κ3) is 2.18. The van der Waals surface area contributed by atoms with Crippen LogP contribution in [-0.4, -0.2) is 46.7 Å². The van der Waals surface area contributed by atoms with Crippen LogP contribution in [0.5, 0.6) is 0 Å².